The van der Waals surface area contributed by atoms with Crippen LogP contribution in [0.3, 0.4) is 0 Å². The number of aromatic nitrogens is 3. The summed E-state index contributed by atoms with van der Waals surface area (Å²) in [5.41, 5.74) is 5.23. The first-order chi connectivity index (χ1) is 11.9. The molecule has 0 saturated heterocycles. The zero-order chi connectivity index (χ0) is 18.1. The standard InChI is InChI=1S/C19H22N4O2/c1-12-6-7-13(2)23(12)16-10-8-15(9-11-16)18(24)20-17-14(3)21-22(4)19(17)25-5/h6-11H,1-5H3,(H,20,24). The molecule has 3 rings (SSSR count). The maximum absolute atomic E-state index is 12.6. The van der Waals surface area contributed by atoms with Gasteiger partial charge in [0, 0.05) is 29.7 Å². The monoisotopic (exact) mass is 338 g/mol. The molecule has 25 heavy (non-hydrogen) atoms. The Bertz CT molecular complexity index is 900. The Morgan fingerprint density at radius 1 is 1.04 bits per heavy atom. The summed E-state index contributed by atoms with van der Waals surface area (Å²) < 4.78 is 9.06. The normalized spacial score (nSPS) is 10.8. The van der Waals surface area contributed by atoms with Crippen LogP contribution < -0.4 is 10.1 Å². The van der Waals surface area contributed by atoms with Gasteiger partial charge in [-0.05, 0) is 57.2 Å². The lowest BCUT2D eigenvalue weighted by Gasteiger charge is -2.11. The number of ether oxygens (including phenoxy) is 1. The third kappa shape index (κ3) is 3.03. The summed E-state index contributed by atoms with van der Waals surface area (Å²) in [5, 5.41) is 7.16. The van der Waals surface area contributed by atoms with Crippen LogP contribution >= 0.6 is 0 Å². The number of hydrogen-bond donors (Lipinski definition) is 1. The van der Waals surface area contributed by atoms with Crippen LogP contribution in [0.4, 0.5) is 5.69 Å². The molecule has 0 unspecified atom stereocenters. The van der Waals surface area contributed by atoms with E-state index in [2.05, 4.69) is 41.0 Å². The molecule has 0 saturated carbocycles. The van der Waals surface area contributed by atoms with Gasteiger partial charge in [0.25, 0.3) is 5.91 Å². The molecule has 130 valence electrons. The van der Waals surface area contributed by atoms with E-state index in [1.165, 1.54) is 0 Å². The fourth-order valence-electron chi connectivity index (χ4n) is 3.04. The van der Waals surface area contributed by atoms with Crippen molar-refractivity contribution in [1.29, 1.82) is 0 Å². The maximum atomic E-state index is 12.6. The fraction of sp³-hybridized carbons (Fsp3) is 0.263. The van der Waals surface area contributed by atoms with Crippen LogP contribution in [0.15, 0.2) is 36.4 Å². The minimum Gasteiger partial charge on any atom is -0.480 e. The Balaban J connectivity index is 1.85. The van der Waals surface area contributed by atoms with Crippen LogP contribution in [-0.4, -0.2) is 27.4 Å². The van der Waals surface area contributed by atoms with Gasteiger partial charge in [-0.3, -0.25) is 4.79 Å². The van der Waals surface area contributed by atoms with Gasteiger partial charge in [-0.2, -0.15) is 5.10 Å². The lowest BCUT2D eigenvalue weighted by atomic mass is 10.2. The Labute approximate surface area is 147 Å². The molecule has 1 aromatic carbocycles. The summed E-state index contributed by atoms with van der Waals surface area (Å²) in [6.07, 6.45) is 0. The van der Waals surface area contributed by atoms with Gasteiger partial charge >= 0.3 is 0 Å². The topological polar surface area (TPSA) is 61.1 Å². The number of nitrogens with zero attached hydrogens (tertiary/aromatic N) is 3. The lowest BCUT2D eigenvalue weighted by molar-refractivity contribution is 0.102. The minimum absolute atomic E-state index is 0.193. The van der Waals surface area contributed by atoms with E-state index >= 15 is 0 Å². The Kier molecular flexibility index (Phi) is 4.35. The van der Waals surface area contributed by atoms with Crippen LogP contribution in [-0.2, 0) is 7.05 Å². The molecule has 0 fully saturated rings. The Morgan fingerprint density at radius 2 is 1.64 bits per heavy atom. The summed E-state index contributed by atoms with van der Waals surface area (Å²) in [7, 11) is 3.33. The van der Waals surface area contributed by atoms with E-state index < -0.39 is 0 Å². The highest BCUT2D eigenvalue weighted by Gasteiger charge is 2.17. The van der Waals surface area contributed by atoms with Crippen LogP contribution in [0.1, 0.15) is 27.4 Å². The van der Waals surface area contributed by atoms with Gasteiger partial charge < -0.3 is 14.6 Å². The van der Waals surface area contributed by atoms with Crippen LogP contribution in [0.25, 0.3) is 5.69 Å². The van der Waals surface area contributed by atoms with Gasteiger partial charge in [-0.1, -0.05) is 0 Å². The van der Waals surface area contributed by atoms with E-state index in [9.17, 15) is 4.79 Å². The van der Waals surface area contributed by atoms with Crippen molar-refractivity contribution < 1.29 is 9.53 Å². The van der Waals surface area contributed by atoms with E-state index in [-0.39, 0.29) is 5.91 Å². The molecule has 1 N–H and O–H groups in total. The summed E-state index contributed by atoms with van der Waals surface area (Å²) in [4.78, 5) is 12.6. The predicted octanol–water partition coefficient (Wildman–Crippen LogP) is 3.40. The smallest absolute Gasteiger partial charge is 0.255 e. The minimum atomic E-state index is -0.193. The van der Waals surface area contributed by atoms with Gasteiger partial charge in [0.1, 0.15) is 5.69 Å². The van der Waals surface area contributed by atoms with Gasteiger partial charge in [0.2, 0.25) is 5.88 Å². The van der Waals surface area contributed by atoms with Crippen LogP contribution in [0.2, 0.25) is 0 Å². The van der Waals surface area contributed by atoms with Crippen molar-refractivity contribution in [2.24, 2.45) is 7.05 Å². The van der Waals surface area contributed by atoms with Crippen molar-refractivity contribution in [2.45, 2.75) is 20.8 Å². The van der Waals surface area contributed by atoms with Crippen molar-refractivity contribution >= 4 is 11.6 Å². The SMILES string of the molecule is COc1c(NC(=O)c2ccc(-n3c(C)ccc3C)cc2)c(C)nn1C. The van der Waals surface area contributed by atoms with Gasteiger partial charge in [0.05, 0.1) is 12.8 Å². The van der Waals surface area contributed by atoms with Crippen molar-refractivity contribution in [3.63, 3.8) is 0 Å². The highest BCUT2D eigenvalue weighted by atomic mass is 16.5. The fourth-order valence-corrected chi connectivity index (χ4v) is 3.04. The quantitative estimate of drug-likeness (QED) is 0.793. The summed E-state index contributed by atoms with van der Waals surface area (Å²) >= 11 is 0. The van der Waals surface area contributed by atoms with Crippen LogP contribution in [0.5, 0.6) is 5.88 Å². The summed E-state index contributed by atoms with van der Waals surface area (Å²) in [5.74, 6) is 0.336. The molecule has 0 aliphatic rings. The first kappa shape index (κ1) is 16.8. The number of nitrogens with one attached hydrogen (secondary N) is 1. The number of carbonyl (C=O) groups is 1. The highest BCUT2D eigenvalue weighted by Crippen LogP contribution is 2.27. The van der Waals surface area contributed by atoms with E-state index in [0.29, 0.717) is 22.8 Å². The van der Waals surface area contributed by atoms with Crippen molar-refractivity contribution in [1.82, 2.24) is 14.3 Å². The number of benzene rings is 1. The molecule has 6 heteroatoms. The molecule has 0 aliphatic carbocycles. The second-order valence-electron chi connectivity index (χ2n) is 6.05. The molecule has 0 spiro atoms. The highest BCUT2D eigenvalue weighted by molar-refractivity contribution is 6.05. The van der Waals surface area contributed by atoms with Gasteiger partial charge in [-0.25, -0.2) is 4.68 Å². The summed E-state index contributed by atoms with van der Waals surface area (Å²) in [6, 6.07) is 11.7. The third-order valence-corrected chi connectivity index (χ3v) is 4.26. The molecule has 2 heterocycles. The number of hydrogen-bond acceptors (Lipinski definition) is 3. The van der Waals surface area contributed by atoms with Crippen molar-refractivity contribution in [3.05, 3.63) is 59.0 Å². The van der Waals surface area contributed by atoms with Crippen LogP contribution in [0, 0.1) is 20.8 Å². The maximum Gasteiger partial charge on any atom is 0.255 e. The number of amides is 1. The second-order valence-corrected chi connectivity index (χ2v) is 6.05. The molecule has 0 radical (unpaired) electrons. The average Bonchev–Trinajstić information content (AvgIpc) is 3.06. The molecule has 0 aliphatic heterocycles. The number of anilines is 1. The molecule has 0 atom stereocenters. The largest absolute Gasteiger partial charge is 0.480 e. The number of aryl methyl sites for hydroxylation is 4. The molecule has 6 nitrogen and oxygen atoms in total. The molecular weight excluding hydrogens is 316 g/mol. The zero-order valence-corrected chi connectivity index (χ0v) is 15.1. The number of carbonyl (C=O) groups excluding carboxylic acids is 1. The number of rotatable bonds is 4. The molecule has 0 bridgehead atoms. The lowest BCUT2D eigenvalue weighted by Crippen LogP contribution is -2.13. The van der Waals surface area contributed by atoms with Crippen molar-refractivity contribution in [3.8, 4) is 11.6 Å². The van der Waals surface area contributed by atoms with Crippen molar-refractivity contribution in [2.75, 3.05) is 12.4 Å². The van der Waals surface area contributed by atoms with Gasteiger partial charge in [0.15, 0.2) is 0 Å². The first-order valence-corrected chi connectivity index (χ1v) is 8.06. The Hall–Kier alpha value is -3.02. The van der Waals surface area contributed by atoms with E-state index in [1.807, 2.05) is 31.2 Å². The zero-order valence-electron chi connectivity index (χ0n) is 15.1. The predicted molar refractivity (Wildman–Crippen MR) is 97.7 cm³/mol. The molecule has 3 aromatic rings. The summed E-state index contributed by atoms with van der Waals surface area (Å²) in [6.45, 7) is 5.95. The first-order valence-electron chi connectivity index (χ1n) is 8.06. The Morgan fingerprint density at radius 3 is 2.20 bits per heavy atom. The molecular formula is C19H22N4O2. The van der Waals surface area contributed by atoms with E-state index in [1.54, 1.807) is 18.8 Å². The number of methoxy groups -OCH3 is 1. The van der Waals surface area contributed by atoms with E-state index in [4.69, 9.17) is 4.74 Å². The third-order valence-electron chi connectivity index (χ3n) is 4.26. The average molecular weight is 338 g/mol. The second kappa shape index (κ2) is 6.47. The molecule has 2 aromatic heterocycles. The molecule has 1 amide bonds. The van der Waals surface area contributed by atoms with E-state index in [0.717, 1.165) is 17.1 Å². The van der Waals surface area contributed by atoms with Gasteiger partial charge in [-0.15, -0.1) is 0 Å².